The fourth-order valence-electron chi connectivity index (χ4n) is 4.40. The highest BCUT2D eigenvalue weighted by Gasteiger charge is 2.34. The van der Waals surface area contributed by atoms with Gasteiger partial charge in [0.25, 0.3) is 20.0 Å². The van der Waals surface area contributed by atoms with E-state index in [2.05, 4.69) is 32.3 Å². The number of nitrogens with one attached hydrogen (secondary N) is 1. The van der Waals surface area contributed by atoms with Crippen LogP contribution < -0.4 is 8.61 Å². The summed E-state index contributed by atoms with van der Waals surface area (Å²) in [6.07, 6.45) is 4.98. The van der Waals surface area contributed by atoms with Crippen LogP contribution in [0, 0.1) is 0 Å². The van der Waals surface area contributed by atoms with Crippen LogP contribution in [0.15, 0.2) is 60.9 Å². The predicted molar refractivity (Wildman–Crippen MR) is 140 cm³/mol. The Morgan fingerprint density at radius 1 is 0.917 bits per heavy atom. The third kappa shape index (κ3) is 4.38. The number of fused-ring (bicyclic) bond motifs is 2. The van der Waals surface area contributed by atoms with Gasteiger partial charge in [-0.2, -0.15) is 13.8 Å². The van der Waals surface area contributed by atoms with Crippen LogP contribution in [0.2, 0.25) is 0 Å². The van der Waals surface area contributed by atoms with E-state index in [1.165, 1.54) is 17.7 Å². The maximum Gasteiger partial charge on any atom is 0.262 e. The normalized spacial score (nSPS) is 15.7. The molecule has 0 unspecified atom stereocenters. The van der Waals surface area contributed by atoms with Crippen LogP contribution in [0.3, 0.4) is 0 Å². The molecule has 36 heavy (non-hydrogen) atoms. The Kier molecular flexibility index (Phi) is 6.54. The van der Waals surface area contributed by atoms with Crippen molar-refractivity contribution in [3.63, 3.8) is 0 Å². The summed E-state index contributed by atoms with van der Waals surface area (Å²) in [7, 11) is -8.73. The molecular formula is C22H20Cl2N6O4S2. The van der Waals surface area contributed by atoms with E-state index >= 15 is 0 Å². The van der Waals surface area contributed by atoms with Crippen molar-refractivity contribution in [3.8, 4) is 0 Å². The molecule has 0 bridgehead atoms. The number of aromatic amines is 1. The zero-order chi connectivity index (χ0) is 25.5. The Labute approximate surface area is 218 Å². The molecule has 188 valence electrons. The highest BCUT2D eigenvalue weighted by molar-refractivity contribution is 8.11. The number of H-pyrrole nitrogens is 1. The van der Waals surface area contributed by atoms with Crippen molar-refractivity contribution in [2.75, 3.05) is 19.0 Å². The molecule has 1 aliphatic rings. The first-order chi connectivity index (χ1) is 17.2. The van der Waals surface area contributed by atoms with Gasteiger partial charge >= 0.3 is 0 Å². The van der Waals surface area contributed by atoms with Gasteiger partial charge in [-0.3, -0.25) is 5.10 Å². The van der Waals surface area contributed by atoms with Gasteiger partial charge < -0.3 is 4.90 Å². The number of anilines is 3. The maximum absolute atomic E-state index is 12.5. The first-order valence-corrected chi connectivity index (χ1v) is 15.0. The quantitative estimate of drug-likeness (QED) is 0.316. The van der Waals surface area contributed by atoms with Gasteiger partial charge in [-0.1, -0.05) is 24.3 Å². The minimum atomic E-state index is -4.36. The number of sulfonamides is 2. The molecule has 0 fully saturated rings. The molecular weight excluding hydrogens is 547 g/mol. The fourth-order valence-corrected chi connectivity index (χ4v) is 8.10. The van der Waals surface area contributed by atoms with Crippen molar-refractivity contribution in [1.82, 2.24) is 20.2 Å². The molecule has 2 aromatic carbocycles. The summed E-state index contributed by atoms with van der Waals surface area (Å²) < 4.78 is 50.3. The van der Waals surface area contributed by atoms with E-state index in [1.807, 2.05) is 17.0 Å². The average Bonchev–Trinajstić information content (AvgIpc) is 3.52. The van der Waals surface area contributed by atoms with Gasteiger partial charge in [0.1, 0.15) is 10.4 Å². The summed E-state index contributed by atoms with van der Waals surface area (Å²) in [4.78, 5) is 11.2. The van der Waals surface area contributed by atoms with Crippen LogP contribution >= 0.6 is 23.2 Å². The number of rotatable bonds is 8. The molecule has 5 rings (SSSR count). The van der Waals surface area contributed by atoms with Crippen LogP contribution in [-0.4, -0.2) is 47.4 Å². The van der Waals surface area contributed by atoms with Crippen LogP contribution in [0.25, 0.3) is 11.0 Å². The second-order valence-corrected chi connectivity index (χ2v) is 13.2. The van der Waals surface area contributed by atoms with E-state index < -0.39 is 30.5 Å². The zero-order valence-electron chi connectivity index (χ0n) is 18.6. The predicted octanol–water partition coefficient (Wildman–Crippen LogP) is 4.04. The van der Waals surface area contributed by atoms with Crippen molar-refractivity contribution < 1.29 is 16.8 Å². The van der Waals surface area contributed by atoms with E-state index in [-0.39, 0.29) is 15.4 Å². The summed E-state index contributed by atoms with van der Waals surface area (Å²) in [5, 5.41) is 5.78. The lowest BCUT2D eigenvalue weighted by Crippen LogP contribution is -2.38. The molecule has 1 N–H and O–H groups in total. The molecule has 0 aliphatic heterocycles. The van der Waals surface area contributed by atoms with Gasteiger partial charge in [0.15, 0.2) is 5.65 Å². The summed E-state index contributed by atoms with van der Waals surface area (Å²) >= 11 is 11.1. The topological polar surface area (TPSA) is 129 Å². The molecule has 0 amide bonds. The smallest absolute Gasteiger partial charge is 0.262 e. The molecule has 0 saturated carbocycles. The minimum Gasteiger partial charge on any atom is -0.303 e. The average molecular weight is 567 g/mol. The molecule has 14 heteroatoms. The summed E-state index contributed by atoms with van der Waals surface area (Å²) in [6, 6.07) is 14.1. The molecule has 10 nitrogen and oxygen atoms in total. The third-order valence-corrected chi connectivity index (χ3v) is 10.9. The first-order valence-electron chi connectivity index (χ1n) is 10.8. The number of aryl methyl sites for hydroxylation is 1. The second kappa shape index (κ2) is 9.51. The Morgan fingerprint density at radius 2 is 1.58 bits per heavy atom. The number of aromatic nitrogens is 4. The van der Waals surface area contributed by atoms with Gasteiger partial charge in [0.2, 0.25) is 5.95 Å². The lowest BCUT2D eigenvalue weighted by molar-refractivity contribution is 0.589. The van der Waals surface area contributed by atoms with Gasteiger partial charge in [-0.15, -0.1) is 23.2 Å². The second-order valence-electron chi connectivity index (χ2n) is 8.12. The number of hydrogen-bond acceptors (Lipinski definition) is 8. The summed E-state index contributed by atoms with van der Waals surface area (Å²) in [6.45, 7) is 0. The van der Waals surface area contributed by atoms with Crippen LogP contribution in [-0.2, 0) is 26.5 Å². The molecule has 0 saturated heterocycles. The van der Waals surface area contributed by atoms with E-state index in [9.17, 15) is 16.8 Å². The SMILES string of the molecule is O=S(=O)(CCl)N(c1ccc(N(c2ncc3cn[nH]c3n2)[C@H]2CCc3ccccc32)cc1)S(=O)(=O)CCl. The van der Waals surface area contributed by atoms with Crippen molar-refractivity contribution in [3.05, 3.63) is 72.1 Å². The van der Waals surface area contributed by atoms with Crippen LogP contribution in [0.1, 0.15) is 23.6 Å². The third-order valence-electron chi connectivity index (χ3n) is 5.93. The van der Waals surface area contributed by atoms with Crippen molar-refractivity contribution in [2.24, 2.45) is 0 Å². The monoisotopic (exact) mass is 566 g/mol. The van der Waals surface area contributed by atoms with Gasteiger partial charge in [-0.05, 0) is 48.2 Å². The Morgan fingerprint density at radius 3 is 2.28 bits per heavy atom. The Bertz CT molecular complexity index is 1590. The highest BCUT2D eigenvalue weighted by atomic mass is 35.5. The standard InChI is InChI=1S/C22H20Cl2N6O4S2/c23-13-35(31,32)30(36(33,34)14-24)18-8-6-17(7-9-18)29(20-10-5-15-3-1-2-4-19(15)20)22-25-11-16-12-26-28-21(16)27-22/h1-4,6-9,11-12,20H,5,10,13-14H2,(H,25,26,27,28)/t20-/m0/s1. The molecule has 2 heterocycles. The first kappa shape index (κ1) is 24.8. The molecule has 1 aliphatic carbocycles. The van der Waals surface area contributed by atoms with Crippen molar-refractivity contribution in [1.29, 1.82) is 0 Å². The number of nitrogens with zero attached hydrogens (tertiary/aromatic N) is 5. The lowest BCUT2D eigenvalue weighted by atomic mass is 10.1. The number of halogens is 2. The minimum absolute atomic E-state index is 0.0957. The van der Waals surface area contributed by atoms with Gasteiger partial charge in [0.05, 0.1) is 23.3 Å². The fraction of sp³-hybridized carbons (Fsp3) is 0.227. The van der Waals surface area contributed by atoms with Gasteiger partial charge in [0, 0.05) is 11.9 Å². The Hall–Kier alpha value is -2.93. The van der Waals surface area contributed by atoms with Crippen molar-refractivity contribution in [2.45, 2.75) is 18.9 Å². The number of benzene rings is 2. The van der Waals surface area contributed by atoms with E-state index in [0.717, 1.165) is 23.8 Å². The summed E-state index contributed by atoms with van der Waals surface area (Å²) in [5.41, 5.74) is 3.47. The lowest BCUT2D eigenvalue weighted by Gasteiger charge is -2.30. The molecule has 4 aromatic rings. The van der Waals surface area contributed by atoms with E-state index in [4.69, 9.17) is 23.2 Å². The van der Waals surface area contributed by atoms with Crippen LogP contribution in [0.5, 0.6) is 0 Å². The highest BCUT2D eigenvalue weighted by Crippen LogP contribution is 2.42. The molecule has 1 atom stereocenters. The van der Waals surface area contributed by atoms with E-state index in [0.29, 0.717) is 17.3 Å². The number of alkyl halides is 2. The molecule has 2 aromatic heterocycles. The van der Waals surface area contributed by atoms with Crippen LogP contribution in [0.4, 0.5) is 17.3 Å². The largest absolute Gasteiger partial charge is 0.303 e. The molecule has 0 spiro atoms. The summed E-state index contributed by atoms with van der Waals surface area (Å²) in [5.74, 6) is 0.416. The zero-order valence-corrected chi connectivity index (χ0v) is 21.8. The van der Waals surface area contributed by atoms with Gasteiger partial charge in [-0.25, -0.2) is 21.8 Å². The number of hydrogen-bond donors (Lipinski definition) is 1. The van der Waals surface area contributed by atoms with E-state index in [1.54, 1.807) is 24.5 Å². The van der Waals surface area contributed by atoms with Crippen molar-refractivity contribution >= 4 is 71.6 Å². The molecule has 0 radical (unpaired) electrons. The Balaban J connectivity index is 1.62. The maximum atomic E-state index is 12.5.